The second kappa shape index (κ2) is 9.74. The van der Waals surface area contributed by atoms with E-state index < -0.39 is 6.04 Å². The molecule has 0 radical (unpaired) electrons. The lowest BCUT2D eigenvalue weighted by Crippen LogP contribution is -2.56. The maximum Gasteiger partial charge on any atom is 0.255 e. The van der Waals surface area contributed by atoms with Crippen LogP contribution in [0.5, 0.6) is 23.0 Å². The molecule has 2 amide bonds. The highest BCUT2D eigenvalue weighted by Gasteiger charge is 2.42. The van der Waals surface area contributed by atoms with E-state index in [1.165, 1.54) is 16.9 Å². The number of methoxy groups -OCH3 is 4. The smallest absolute Gasteiger partial charge is 0.255 e. The van der Waals surface area contributed by atoms with Gasteiger partial charge in [0.25, 0.3) is 5.91 Å². The highest BCUT2D eigenvalue weighted by Crippen LogP contribution is 2.39. The molecular formula is C26H26N2O6. The summed E-state index contributed by atoms with van der Waals surface area (Å²) in [6.07, 6.45) is 0. The maximum atomic E-state index is 13.9. The van der Waals surface area contributed by atoms with Crippen molar-refractivity contribution in [3.05, 3.63) is 72.3 Å². The maximum absolute atomic E-state index is 13.9. The van der Waals surface area contributed by atoms with Crippen LogP contribution in [-0.2, 0) is 9.59 Å². The van der Waals surface area contributed by atoms with Crippen LogP contribution in [0.15, 0.2) is 66.7 Å². The summed E-state index contributed by atoms with van der Waals surface area (Å²) in [7, 11) is 6.21. The molecule has 1 fully saturated rings. The summed E-state index contributed by atoms with van der Waals surface area (Å²) in [5.41, 5.74) is 1.75. The average Bonchev–Trinajstić information content (AvgIpc) is 2.89. The molecule has 0 aliphatic carbocycles. The van der Waals surface area contributed by atoms with Crippen molar-refractivity contribution in [1.29, 1.82) is 0 Å². The topological polar surface area (TPSA) is 77.5 Å². The van der Waals surface area contributed by atoms with Gasteiger partial charge in [-0.3, -0.25) is 19.4 Å². The first-order valence-electron chi connectivity index (χ1n) is 10.6. The number of anilines is 2. The van der Waals surface area contributed by atoms with Crippen molar-refractivity contribution < 1.29 is 28.5 Å². The summed E-state index contributed by atoms with van der Waals surface area (Å²) in [6.45, 7) is -0.139. The van der Waals surface area contributed by atoms with Crippen molar-refractivity contribution in [3.63, 3.8) is 0 Å². The number of benzene rings is 3. The quantitative estimate of drug-likeness (QED) is 0.531. The lowest BCUT2D eigenvalue weighted by molar-refractivity contribution is -0.128. The van der Waals surface area contributed by atoms with Gasteiger partial charge in [0, 0.05) is 11.8 Å². The Hall–Kier alpha value is -4.20. The van der Waals surface area contributed by atoms with Gasteiger partial charge in [-0.1, -0.05) is 12.1 Å². The van der Waals surface area contributed by atoms with E-state index in [1.54, 1.807) is 88.1 Å². The molecule has 1 aliphatic heterocycles. The number of hydrogen-bond acceptors (Lipinski definition) is 6. The molecule has 3 aromatic carbocycles. The zero-order chi connectivity index (χ0) is 24.2. The molecule has 0 aromatic heterocycles. The van der Waals surface area contributed by atoms with Crippen molar-refractivity contribution in [3.8, 4) is 23.0 Å². The summed E-state index contributed by atoms with van der Waals surface area (Å²) in [5.74, 6) is 1.84. The van der Waals surface area contributed by atoms with Crippen LogP contribution in [0.25, 0.3) is 0 Å². The zero-order valence-corrected chi connectivity index (χ0v) is 19.5. The monoisotopic (exact) mass is 462 g/mol. The van der Waals surface area contributed by atoms with Gasteiger partial charge < -0.3 is 18.9 Å². The Bertz CT molecular complexity index is 1180. The zero-order valence-electron chi connectivity index (χ0n) is 19.5. The molecule has 1 unspecified atom stereocenters. The number of nitrogens with zero attached hydrogens (tertiary/aromatic N) is 2. The van der Waals surface area contributed by atoms with Crippen LogP contribution in [0.4, 0.5) is 11.4 Å². The molecule has 4 rings (SSSR count). The van der Waals surface area contributed by atoms with Crippen LogP contribution in [0.1, 0.15) is 11.6 Å². The second-order valence-corrected chi connectivity index (χ2v) is 7.60. The first-order chi connectivity index (χ1) is 16.5. The fourth-order valence-corrected chi connectivity index (χ4v) is 4.02. The molecule has 8 heteroatoms. The van der Waals surface area contributed by atoms with E-state index in [4.69, 9.17) is 18.9 Å². The molecule has 1 saturated heterocycles. The SMILES string of the molecule is COc1ccc(C2C(=O)N(c3ccc(OC)cc3OC)CC(=O)N2c2ccc(OC)cc2)cc1. The molecule has 8 nitrogen and oxygen atoms in total. The lowest BCUT2D eigenvalue weighted by Gasteiger charge is -2.40. The number of piperazine rings is 1. The fraction of sp³-hybridized carbons (Fsp3) is 0.231. The van der Waals surface area contributed by atoms with Crippen molar-refractivity contribution in [2.75, 3.05) is 44.8 Å². The molecule has 3 aromatic rings. The molecule has 176 valence electrons. The third kappa shape index (κ3) is 4.22. The normalized spacial score (nSPS) is 15.8. The number of carbonyl (C=O) groups excluding carboxylic acids is 2. The van der Waals surface area contributed by atoms with E-state index in [1.807, 2.05) is 0 Å². The molecule has 0 saturated carbocycles. The van der Waals surface area contributed by atoms with Crippen molar-refractivity contribution in [1.82, 2.24) is 0 Å². The Morgan fingerprint density at radius 1 is 0.706 bits per heavy atom. The summed E-state index contributed by atoms with van der Waals surface area (Å²) >= 11 is 0. The van der Waals surface area contributed by atoms with E-state index in [9.17, 15) is 9.59 Å². The van der Waals surface area contributed by atoms with E-state index in [-0.39, 0.29) is 18.4 Å². The molecule has 1 atom stereocenters. The summed E-state index contributed by atoms with van der Waals surface area (Å²) in [5, 5.41) is 0. The number of rotatable bonds is 7. The number of hydrogen-bond donors (Lipinski definition) is 0. The Balaban J connectivity index is 1.80. The minimum absolute atomic E-state index is 0.139. The van der Waals surface area contributed by atoms with Gasteiger partial charge in [0.15, 0.2) is 0 Å². The summed E-state index contributed by atoms with van der Waals surface area (Å²) < 4.78 is 21.3. The van der Waals surface area contributed by atoms with E-state index in [2.05, 4.69) is 0 Å². The second-order valence-electron chi connectivity index (χ2n) is 7.60. The predicted octanol–water partition coefficient (Wildman–Crippen LogP) is 3.84. The van der Waals surface area contributed by atoms with Crippen molar-refractivity contribution >= 4 is 23.2 Å². The minimum atomic E-state index is -0.882. The van der Waals surface area contributed by atoms with Gasteiger partial charge in [-0.2, -0.15) is 0 Å². The Labute approximate surface area is 198 Å². The van der Waals surface area contributed by atoms with Gasteiger partial charge in [0.05, 0.1) is 34.1 Å². The molecule has 1 heterocycles. The third-order valence-corrected chi connectivity index (χ3v) is 5.78. The number of carbonyl (C=O) groups is 2. The standard InChI is InChI=1S/C26H26N2O6/c1-31-19-9-5-17(6-10-19)25-26(30)27(22-14-13-21(33-3)15-23(22)34-4)16-24(29)28(25)18-7-11-20(32-2)12-8-18/h5-15,25H,16H2,1-4H3. The van der Waals surface area contributed by atoms with Gasteiger partial charge in [-0.05, 0) is 54.1 Å². The minimum Gasteiger partial charge on any atom is -0.497 e. The highest BCUT2D eigenvalue weighted by molar-refractivity contribution is 6.15. The van der Waals surface area contributed by atoms with Gasteiger partial charge in [-0.25, -0.2) is 0 Å². The molecular weight excluding hydrogens is 436 g/mol. The van der Waals surface area contributed by atoms with Crippen molar-refractivity contribution in [2.45, 2.75) is 6.04 Å². The van der Waals surface area contributed by atoms with E-state index >= 15 is 0 Å². The van der Waals surface area contributed by atoms with Gasteiger partial charge in [0.2, 0.25) is 5.91 Å². The predicted molar refractivity (Wildman–Crippen MR) is 128 cm³/mol. The van der Waals surface area contributed by atoms with Crippen LogP contribution >= 0.6 is 0 Å². The van der Waals surface area contributed by atoms with Crippen LogP contribution in [-0.4, -0.2) is 46.8 Å². The number of amides is 2. The Morgan fingerprint density at radius 2 is 1.26 bits per heavy atom. The van der Waals surface area contributed by atoms with Crippen LogP contribution in [0, 0.1) is 0 Å². The van der Waals surface area contributed by atoms with Gasteiger partial charge in [-0.15, -0.1) is 0 Å². The molecule has 34 heavy (non-hydrogen) atoms. The third-order valence-electron chi connectivity index (χ3n) is 5.78. The first-order valence-corrected chi connectivity index (χ1v) is 10.6. The molecule has 0 spiro atoms. The largest absolute Gasteiger partial charge is 0.497 e. The molecule has 0 N–H and O–H groups in total. The van der Waals surface area contributed by atoms with E-state index in [0.29, 0.717) is 39.9 Å². The molecule has 1 aliphatic rings. The fourth-order valence-electron chi connectivity index (χ4n) is 4.02. The Kier molecular flexibility index (Phi) is 6.58. The van der Waals surface area contributed by atoms with E-state index in [0.717, 1.165) is 0 Å². The average molecular weight is 463 g/mol. The summed E-state index contributed by atoms with van der Waals surface area (Å²) in [6, 6.07) is 18.4. The van der Waals surface area contributed by atoms with Gasteiger partial charge >= 0.3 is 0 Å². The first kappa shape index (κ1) is 23.0. The highest BCUT2D eigenvalue weighted by atomic mass is 16.5. The Morgan fingerprint density at radius 3 is 1.82 bits per heavy atom. The van der Waals surface area contributed by atoms with Crippen molar-refractivity contribution in [2.24, 2.45) is 0 Å². The van der Waals surface area contributed by atoms with Crippen LogP contribution in [0.2, 0.25) is 0 Å². The van der Waals surface area contributed by atoms with Gasteiger partial charge in [0.1, 0.15) is 35.6 Å². The number of ether oxygens (including phenoxy) is 4. The van der Waals surface area contributed by atoms with Crippen LogP contribution < -0.4 is 28.7 Å². The van der Waals surface area contributed by atoms with Crippen LogP contribution in [0.3, 0.4) is 0 Å². The lowest BCUT2D eigenvalue weighted by atomic mass is 9.99. The molecule has 0 bridgehead atoms. The summed E-state index contributed by atoms with van der Waals surface area (Å²) in [4.78, 5) is 30.4.